The lowest BCUT2D eigenvalue weighted by molar-refractivity contribution is -0.141. The molecule has 45 heavy (non-hydrogen) atoms. The molecule has 2 N–H and O–H groups in total. The van der Waals surface area contributed by atoms with E-state index in [-0.39, 0.29) is 49.9 Å². The number of hydrogen-bond donors (Lipinski definition) is 2. The van der Waals surface area contributed by atoms with E-state index >= 15 is 0 Å². The van der Waals surface area contributed by atoms with Gasteiger partial charge in [0, 0.05) is 12.5 Å². The predicted molar refractivity (Wildman–Crippen MR) is 162 cm³/mol. The number of alkyl halides is 3. The molecule has 11 heteroatoms. The summed E-state index contributed by atoms with van der Waals surface area (Å²) in [7, 11) is 0. The highest BCUT2D eigenvalue weighted by atomic mass is 19.4. The highest BCUT2D eigenvalue weighted by Gasteiger charge is 2.30. The minimum Gasteiger partial charge on any atom is -0.490 e. The van der Waals surface area contributed by atoms with Gasteiger partial charge in [-0.1, -0.05) is 31.4 Å². The molecule has 0 radical (unpaired) electrons. The van der Waals surface area contributed by atoms with Gasteiger partial charge in [0.05, 0.1) is 24.4 Å². The van der Waals surface area contributed by atoms with Crippen LogP contribution in [0.15, 0.2) is 60.7 Å². The Morgan fingerprint density at radius 3 is 1.82 bits per heavy atom. The van der Waals surface area contributed by atoms with Crippen LogP contribution in [0.2, 0.25) is 0 Å². The Hall–Kier alpha value is -3.83. The highest BCUT2D eigenvalue weighted by molar-refractivity contribution is 5.88. The molecular weight excluding hydrogens is 593 g/mol. The Labute approximate surface area is 261 Å². The second-order valence-corrected chi connectivity index (χ2v) is 11.1. The fourth-order valence-corrected chi connectivity index (χ4v) is 5.23. The summed E-state index contributed by atoms with van der Waals surface area (Å²) >= 11 is 0. The normalized spacial score (nSPS) is 16.5. The van der Waals surface area contributed by atoms with Crippen LogP contribution in [-0.2, 0) is 19.1 Å². The summed E-state index contributed by atoms with van der Waals surface area (Å²) in [5.41, 5.74) is 3.74. The first kappa shape index (κ1) is 35.6. The molecule has 0 spiro atoms. The molecule has 0 atom stereocenters. The second-order valence-electron chi connectivity index (χ2n) is 11.1. The maximum absolute atomic E-state index is 12.6. The lowest BCUT2D eigenvalue weighted by Gasteiger charge is -2.29. The minimum atomic E-state index is -4.11. The standard InChI is InChI=1S/C34H41F3O8/c1-22-16-27(26-6-4-25(5-7-26)10-11-34(35,36)37)8-9-31(22)28-17-29(42-12-14-44-32(40)23(2)20-38)19-30(18-28)43-13-15-45-33(41)24(3)21-39/h8-9,16-19,25-26,38-39H,2-7,10-15,20-21H2,1H3. The average Bonchev–Trinajstić information content (AvgIpc) is 3.02. The van der Waals surface area contributed by atoms with Gasteiger partial charge in [0.15, 0.2) is 0 Å². The summed E-state index contributed by atoms with van der Waals surface area (Å²) < 4.78 is 59.7. The molecule has 0 unspecified atom stereocenters. The molecule has 2 aromatic rings. The fraction of sp³-hybridized carbons (Fsp3) is 0.471. The minimum absolute atomic E-state index is 0.0256. The van der Waals surface area contributed by atoms with Crippen molar-refractivity contribution in [2.24, 2.45) is 5.92 Å². The Morgan fingerprint density at radius 1 is 0.822 bits per heavy atom. The topological polar surface area (TPSA) is 112 Å². The van der Waals surface area contributed by atoms with Gasteiger partial charge in [-0.3, -0.25) is 0 Å². The first-order valence-electron chi connectivity index (χ1n) is 14.9. The Balaban J connectivity index is 1.70. The third-order valence-corrected chi connectivity index (χ3v) is 7.73. The van der Waals surface area contributed by atoms with Gasteiger partial charge in [0.25, 0.3) is 0 Å². The molecule has 1 saturated carbocycles. The number of rotatable bonds is 16. The van der Waals surface area contributed by atoms with Crippen molar-refractivity contribution in [1.29, 1.82) is 0 Å². The van der Waals surface area contributed by atoms with Crippen LogP contribution in [0.3, 0.4) is 0 Å². The number of hydrogen-bond acceptors (Lipinski definition) is 8. The molecule has 2 aromatic carbocycles. The van der Waals surface area contributed by atoms with Crippen molar-refractivity contribution in [2.75, 3.05) is 39.6 Å². The van der Waals surface area contributed by atoms with Gasteiger partial charge in [-0.25, -0.2) is 9.59 Å². The van der Waals surface area contributed by atoms with Crippen molar-refractivity contribution in [3.05, 3.63) is 71.8 Å². The summed E-state index contributed by atoms with van der Waals surface area (Å²) in [6, 6.07) is 11.5. The van der Waals surface area contributed by atoms with Crippen LogP contribution in [0.1, 0.15) is 55.6 Å². The van der Waals surface area contributed by atoms with Crippen LogP contribution in [0, 0.1) is 12.8 Å². The van der Waals surface area contributed by atoms with Crippen LogP contribution in [0.5, 0.6) is 11.5 Å². The van der Waals surface area contributed by atoms with Crippen LogP contribution in [0.4, 0.5) is 13.2 Å². The van der Waals surface area contributed by atoms with Gasteiger partial charge >= 0.3 is 18.1 Å². The third kappa shape index (κ3) is 11.6. The maximum Gasteiger partial charge on any atom is 0.389 e. The van der Waals surface area contributed by atoms with Crippen LogP contribution in [0.25, 0.3) is 11.1 Å². The molecule has 1 fully saturated rings. The van der Waals surface area contributed by atoms with E-state index in [1.165, 1.54) is 0 Å². The first-order valence-corrected chi connectivity index (χ1v) is 14.9. The molecule has 0 saturated heterocycles. The fourth-order valence-electron chi connectivity index (χ4n) is 5.23. The molecule has 0 amide bonds. The number of halogens is 3. The Kier molecular flexibility index (Phi) is 13.5. The third-order valence-electron chi connectivity index (χ3n) is 7.73. The van der Waals surface area contributed by atoms with Gasteiger partial charge in [-0.15, -0.1) is 0 Å². The number of aliphatic hydroxyl groups is 2. The largest absolute Gasteiger partial charge is 0.490 e. The quantitative estimate of drug-likeness (QED) is 0.127. The van der Waals surface area contributed by atoms with E-state index < -0.39 is 37.7 Å². The zero-order valence-electron chi connectivity index (χ0n) is 25.5. The van der Waals surface area contributed by atoms with Gasteiger partial charge in [0.1, 0.15) is 37.9 Å². The molecule has 0 aliphatic heterocycles. The van der Waals surface area contributed by atoms with Gasteiger partial charge in [-0.2, -0.15) is 13.2 Å². The number of ether oxygens (including phenoxy) is 4. The summed E-state index contributed by atoms with van der Waals surface area (Å²) in [5, 5.41) is 18.0. The highest BCUT2D eigenvalue weighted by Crippen LogP contribution is 2.40. The SMILES string of the molecule is C=C(CO)C(=O)OCCOc1cc(OCCOC(=O)C(=C)CO)cc(-c2ccc(C3CCC(CCC(F)(F)F)CC3)cc2C)c1. The maximum atomic E-state index is 12.6. The first-order chi connectivity index (χ1) is 21.4. The van der Waals surface area contributed by atoms with Crippen LogP contribution < -0.4 is 9.47 Å². The van der Waals surface area contributed by atoms with Crippen molar-refractivity contribution >= 4 is 11.9 Å². The molecule has 3 rings (SSSR count). The van der Waals surface area contributed by atoms with Crippen molar-refractivity contribution in [1.82, 2.24) is 0 Å². The summed E-state index contributed by atoms with van der Waals surface area (Å²) in [6.07, 6.45) is -1.35. The molecule has 8 nitrogen and oxygen atoms in total. The second kappa shape index (κ2) is 17.0. The van der Waals surface area contributed by atoms with E-state index in [4.69, 9.17) is 29.2 Å². The average molecular weight is 635 g/mol. The zero-order chi connectivity index (χ0) is 33.0. The van der Waals surface area contributed by atoms with E-state index in [0.29, 0.717) is 17.4 Å². The predicted octanol–water partition coefficient (Wildman–Crippen LogP) is 6.22. The zero-order valence-corrected chi connectivity index (χ0v) is 25.5. The van der Waals surface area contributed by atoms with Gasteiger partial charge in [-0.05, 0) is 85.3 Å². The molecule has 1 aliphatic carbocycles. The van der Waals surface area contributed by atoms with Gasteiger partial charge in [0.2, 0.25) is 0 Å². The smallest absolute Gasteiger partial charge is 0.389 e. The van der Waals surface area contributed by atoms with Crippen molar-refractivity contribution in [3.63, 3.8) is 0 Å². The lowest BCUT2D eigenvalue weighted by Crippen LogP contribution is -2.16. The van der Waals surface area contributed by atoms with E-state index in [0.717, 1.165) is 47.9 Å². The van der Waals surface area contributed by atoms with E-state index in [2.05, 4.69) is 25.3 Å². The van der Waals surface area contributed by atoms with Gasteiger partial charge < -0.3 is 29.2 Å². The molecular formula is C34H41F3O8. The summed E-state index contributed by atoms with van der Waals surface area (Å²) in [5.74, 6) is -0.163. The summed E-state index contributed by atoms with van der Waals surface area (Å²) in [6.45, 7) is 7.72. The number of aryl methyl sites for hydroxylation is 1. The van der Waals surface area contributed by atoms with E-state index in [9.17, 15) is 22.8 Å². The van der Waals surface area contributed by atoms with Crippen LogP contribution in [-0.4, -0.2) is 68.0 Å². The molecule has 0 bridgehead atoms. The van der Waals surface area contributed by atoms with Crippen molar-refractivity contribution in [2.45, 2.75) is 57.5 Å². The van der Waals surface area contributed by atoms with Crippen molar-refractivity contribution in [3.8, 4) is 22.6 Å². The Morgan fingerprint density at radius 2 is 1.36 bits per heavy atom. The number of aliphatic hydroxyl groups excluding tert-OH is 2. The molecule has 0 heterocycles. The van der Waals surface area contributed by atoms with E-state index in [1.54, 1.807) is 6.07 Å². The summed E-state index contributed by atoms with van der Waals surface area (Å²) in [4.78, 5) is 23.5. The number of carbonyl (C=O) groups excluding carboxylic acids is 2. The number of benzene rings is 2. The van der Waals surface area contributed by atoms with Crippen molar-refractivity contribution < 1.29 is 51.9 Å². The Bertz CT molecular complexity index is 1270. The van der Waals surface area contributed by atoms with E-state index in [1.807, 2.05) is 25.1 Å². The molecule has 246 valence electrons. The molecule has 0 aromatic heterocycles. The number of esters is 2. The van der Waals surface area contributed by atoms with Crippen LogP contribution >= 0.6 is 0 Å². The molecule has 1 aliphatic rings. The number of carbonyl (C=O) groups is 2. The monoisotopic (exact) mass is 634 g/mol. The lowest BCUT2D eigenvalue weighted by atomic mass is 9.76.